The molecular formula is C10H10CrO2. The minimum absolute atomic E-state index is 0. The Balaban J connectivity index is 0.00000144. The fraction of sp³-hybridized carbons (Fsp3) is 0.200. The van der Waals surface area contributed by atoms with Crippen molar-refractivity contribution >= 4 is 11.6 Å². The Morgan fingerprint density at radius 3 is 2.15 bits per heavy atom. The van der Waals surface area contributed by atoms with Crippen LogP contribution in [0.5, 0.6) is 0 Å². The third-order valence-electron chi connectivity index (χ3n) is 1.51. The minimum Gasteiger partial charge on any atom is -0.300 e. The van der Waals surface area contributed by atoms with Crippen LogP contribution in [0.4, 0.5) is 0 Å². The topological polar surface area (TPSA) is 34.1 Å². The van der Waals surface area contributed by atoms with Crippen LogP contribution in [0, 0.1) is 0 Å². The number of hydrogen-bond acceptors (Lipinski definition) is 2. The van der Waals surface area contributed by atoms with Gasteiger partial charge in [-0.25, -0.2) is 0 Å². The van der Waals surface area contributed by atoms with Gasteiger partial charge >= 0.3 is 0 Å². The fourth-order valence-corrected chi connectivity index (χ4v) is 0.952. The minimum atomic E-state index is -0.108. The number of Topliss-reactive ketones (excluding diaryl/α,β-unsaturated/α-hetero) is 2. The molecule has 0 radical (unpaired) electrons. The van der Waals surface area contributed by atoms with Crippen molar-refractivity contribution in [2.24, 2.45) is 0 Å². The second-order valence-electron chi connectivity index (χ2n) is 2.67. The Morgan fingerprint density at radius 2 is 1.69 bits per heavy atom. The van der Waals surface area contributed by atoms with Gasteiger partial charge in [-0.2, -0.15) is 0 Å². The maximum Gasteiger partial charge on any atom is 0.170 e. The summed E-state index contributed by atoms with van der Waals surface area (Å²) in [5, 5.41) is 0. The Morgan fingerprint density at radius 1 is 1.15 bits per heavy atom. The van der Waals surface area contributed by atoms with Gasteiger partial charge in [0.05, 0.1) is 6.42 Å². The van der Waals surface area contributed by atoms with Gasteiger partial charge in [0, 0.05) is 22.9 Å². The van der Waals surface area contributed by atoms with Gasteiger partial charge in [0.2, 0.25) is 0 Å². The summed E-state index contributed by atoms with van der Waals surface area (Å²) in [6.45, 7) is 1.42. The molecule has 0 unspecified atom stereocenters. The second-order valence-corrected chi connectivity index (χ2v) is 2.67. The van der Waals surface area contributed by atoms with Gasteiger partial charge in [-0.05, 0) is 6.92 Å². The van der Waals surface area contributed by atoms with E-state index in [0.29, 0.717) is 5.56 Å². The van der Waals surface area contributed by atoms with Crippen LogP contribution in [0.2, 0.25) is 0 Å². The van der Waals surface area contributed by atoms with Crippen molar-refractivity contribution in [1.29, 1.82) is 0 Å². The zero-order chi connectivity index (χ0) is 8.97. The molecule has 0 amide bonds. The van der Waals surface area contributed by atoms with E-state index >= 15 is 0 Å². The summed E-state index contributed by atoms with van der Waals surface area (Å²) in [5.74, 6) is -0.202. The van der Waals surface area contributed by atoms with Gasteiger partial charge in [0.1, 0.15) is 5.78 Å². The standard InChI is InChI=1S/C10H10O2.Cr/c1-8(11)7-10(12)9-5-3-2-4-6-9;/h2-6H,7H2,1H3;. The summed E-state index contributed by atoms with van der Waals surface area (Å²) in [5.41, 5.74) is 0.604. The summed E-state index contributed by atoms with van der Waals surface area (Å²) in [7, 11) is 0. The maximum atomic E-state index is 11.2. The number of benzene rings is 1. The van der Waals surface area contributed by atoms with Crippen LogP contribution in [0.25, 0.3) is 0 Å². The van der Waals surface area contributed by atoms with Gasteiger partial charge in [0.25, 0.3) is 0 Å². The molecule has 0 fully saturated rings. The van der Waals surface area contributed by atoms with Crippen molar-refractivity contribution in [2.75, 3.05) is 0 Å². The first-order valence-electron chi connectivity index (χ1n) is 3.78. The summed E-state index contributed by atoms with van der Waals surface area (Å²) >= 11 is 0. The molecule has 68 valence electrons. The smallest absolute Gasteiger partial charge is 0.170 e. The predicted molar refractivity (Wildman–Crippen MR) is 46.1 cm³/mol. The summed E-state index contributed by atoms with van der Waals surface area (Å²) in [6, 6.07) is 8.84. The predicted octanol–water partition coefficient (Wildman–Crippen LogP) is 1.85. The van der Waals surface area contributed by atoms with E-state index < -0.39 is 0 Å². The molecule has 1 rings (SSSR count). The molecule has 13 heavy (non-hydrogen) atoms. The Bertz CT molecular complexity index is 293. The normalized spacial score (nSPS) is 8.69. The van der Waals surface area contributed by atoms with E-state index in [1.165, 1.54) is 6.92 Å². The van der Waals surface area contributed by atoms with Gasteiger partial charge < -0.3 is 0 Å². The van der Waals surface area contributed by atoms with Crippen LogP contribution in [0.15, 0.2) is 30.3 Å². The molecule has 0 N–H and O–H groups in total. The average Bonchev–Trinajstić information content (AvgIpc) is 2.05. The Hall–Kier alpha value is -0.908. The van der Waals surface area contributed by atoms with Gasteiger partial charge in [-0.3, -0.25) is 9.59 Å². The SMILES string of the molecule is CC(=O)CC(=O)c1ccccc1.[Cr]. The van der Waals surface area contributed by atoms with E-state index in [1.54, 1.807) is 24.3 Å². The summed E-state index contributed by atoms with van der Waals surface area (Å²) in [6.07, 6.45) is 0.00398. The molecular weight excluding hydrogens is 204 g/mol. The maximum absolute atomic E-state index is 11.2. The van der Waals surface area contributed by atoms with Crippen molar-refractivity contribution in [3.8, 4) is 0 Å². The molecule has 1 aromatic carbocycles. The van der Waals surface area contributed by atoms with E-state index in [-0.39, 0.29) is 35.3 Å². The first-order valence-corrected chi connectivity index (χ1v) is 3.78. The molecule has 3 heteroatoms. The van der Waals surface area contributed by atoms with Crippen molar-refractivity contribution in [2.45, 2.75) is 13.3 Å². The van der Waals surface area contributed by atoms with Gasteiger partial charge in [-0.1, -0.05) is 30.3 Å². The molecule has 2 nitrogen and oxygen atoms in total. The van der Waals surface area contributed by atoms with Crippen molar-refractivity contribution in [1.82, 2.24) is 0 Å². The number of rotatable bonds is 3. The van der Waals surface area contributed by atoms with Crippen LogP contribution < -0.4 is 0 Å². The zero-order valence-corrected chi connectivity index (χ0v) is 8.59. The molecule has 0 heterocycles. The first kappa shape index (κ1) is 12.1. The van der Waals surface area contributed by atoms with Crippen LogP contribution in [-0.4, -0.2) is 11.6 Å². The third kappa shape index (κ3) is 4.03. The van der Waals surface area contributed by atoms with Crippen LogP contribution >= 0.6 is 0 Å². The molecule has 0 atom stereocenters. The monoisotopic (exact) mass is 214 g/mol. The zero-order valence-electron chi connectivity index (χ0n) is 7.32. The van der Waals surface area contributed by atoms with Crippen LogP contribution in [-0.2, 0) is 22.2 Å². The van der Waals surface area contributed by atoms with Gasteiger partial charge in [0.15, 0.2) is 5.78 Å². The molecule has 0 aromatic heterocycles. The van der Waals surface area contributed by atoms with Crippen LogP contribution in [0.3, 0.4) is 0 Å². The van der Waals surface area contributed by atoms with E-state index in [4.69, 9.17) is 0 Å². The molecule has 0 aliphatic rings. The molecule has 0 spiro atoms. The third-order valence-corrected chi connectivity index (χ3v) is 1.51. The van der Waals surface area contributed by atoms with E-state index in [2.05, 4.69) is 0 Å². The van der Waals surface area contributed by atoms with Crippen LogP contribution in [0.1, 0.15) is 23.7 Å². The first-order chi connectivity index (χ1) is 5.70. The van der Waals surface area contributed by atoms with E-state index in [0.717, 1.165) is 0 Å². The van der Waals surface area contributed by atoms with E-state index in [9.17, 15) is 9.59 Å². The summed E-state index contributed by atoms with van der Waals surface area (Å²) in [4.78, 5) is 21.8. The Labute approximate surface area is 88.1 Å². The number of carbonyl (C=O) groups excluding carboxylic acids is 2. The molecule has 0 bridgehead atoms. The van der Waals surface area contributed by atoms with Gasteiger partial charge in [-0.15, -0.1) is 0 Å². The fourth-order valence-electron chi connectivity index (χ4n) is 0.952. The molecule has 0 saturated carbocycles. The second kappa shape index (κ2) is 5.69. The van der Waals surface area contributed by atoms with E-state index in [1.807, 2.05) is 6.07 Å². The number of ketones is 2. The average molecular weight is 214 g/mol. The molecule has 0 saturated heterocycles. The Kier molecular flexibility index (Phi) is 5.29. The number of carbonyl (C=O) groups is 2. The van der Waals surface area contributed by atoms with Crippen molar-refractivity contribution < 1.29 is 27.0 Å². The van der Waals surface area contributed by atoms with Crippen molar-refractivity contribution in [3.05, 3.63) is 35.9 Å². The molecule has 0 aliphatic heterocycles. The molecule has 0 aliphatic carbocycles. The largest absolute Gasteiger partial charge is 0.300 e. The molecule has 1 aromatic rings. The number of hydrogen-bond donors (Lipinski definition) is 0. The van der Waals surface area contributed by atoms with Crippen molar-refractivity contribution in [3.63, 3.8) is 0 Å². The summed E-state index contributed by atoms with van der Waals surface area (Å²) < 4.78 is 0. The quantitative estimate of drug-likeness (QED) is 0.568.